The fourth-order valence-electron chi connectivity index (χ4n) is 2.45. The monoisotopic (exact) mass is 402 g/mol. The van der Waals surface area contributed by atoms with Crippen LogP contribution in [0.3, 0.4) is 0 Å². The number of carbonyl (C=O) groups is 4. The smallest absolute Gasteiger partial charge is 0.342 e. The predicted octanol–water partition coefficient (Wildman–Crippen LogP) is 3.71. The van der Waals surface area contributed by atoms with E-state index in [0.717, 1.165) is 4.88 Å². The first kappa shape index (κ1) is 21.3. The zero-order chi connectivity index (χ0) is 21.0. The molecular formula is C20H22N2O5S. The van der Waals surface area contributed by atoms with Crippen molar-refractivity contribution in [2.24, 2.45) is 0 Å². The number of aryl methyl sites for hydroxylation is 1. The highest BCUT2D eigenvalue weighted by Crippen LogP contribution is 2.33. The number of nitrogens with one attached hydrogen (secondary N) is 2. The minimum absolute atomic E-state index is 0.121. The summed E-state index contributed by atoms with van der Waals surface area (Å²) in [5, 5.41) is 5.64. The Kier molecular flexibility index (Phi) is 6.69. The molecule has 0 saturated heterocycles. The van der Waals surface area contributed by atoms with Gasteiger partial charge in [0.15, 0.2) is 11.9 Å². The molecule has 148 valence electrons. The van der Waals surface area contributed by atoms with Crippen LogP contribution in [0.4, 0.5) is 10.7 Å². The minimum Gasteiger partial charge on any atom is -0.449 e. The number of rotatable bonds is 6. The Morgan fingerprint density at radius 2 is 1.75 bits per heavy atom. The molecule has 8 heteroatoms. The third-order valence-electron chi connectivity index (χ3n) is 4.07. The molecule has 1 heterocycles. The lowest BCUT2D eigenvalue weighted by atomic mass is 10.1. The van der Waals surface area contributed by atoms with Gasteiger partial charge < -0.3 is 15.4 Å². The Labute approximate surface area is 167 Å². The fourth-order valence-corrected chi connectivity index (χ4v) is 3.55. The van der Waals surface area contributed by atoms with Crippen LogP contribution >= 0.6 is 11.3 Å². The summed E-state index contributed by atoms with van der Waals surface area (Å²) in [6, 6.07) is 6.49. The number of ketones is 1. The Balaban J connectivity index is 2.12. The number of esters is 1. The molecule has 7 nitrogen and oxygen atoms in total. The first-order valence-corrected chi connectivity index (χ1v) is 9.42. The molecule has 0 aliphatic heterocycles. The lowest BCUT2D eigenvalue weighted by Crippen LogP contribution is -2.30. The molecule has 0 unspecified atom stereocenters. The second kappa shape index (κ2) is 8.79. The number of Topliss-reactive ketones (excluding diaryl/α,β-unsaturated/α-hetero) is 1. The van der Waals surface area contributed by atoms with E-state index in [-0.39, 0.29) is 17.3 Å². The van der Waals surface area contributed by atoms with Gasteiger partial charge in [-0.15, -0.1) is 11.3 Å². The van der Waals surface area contributed by atoms with Gasteiger partial charge in [-0.1, -0.05) is 12.1 Å². The van der Waals surface area contributed by atoms with Crippen LogP contribution in [0.2, 0.25) is 0 Å². The molecule has 1 aromatic carbocycles. The molecule has 2 aromatic rings. The number of ether oxygens (including phenoxy) is 1. The van der Waals surface area contributed by atoms with Gasteiger partial charge in [-0.3, -0.25) is 14.4 Å². The van der Waals surface area contributed by atoms with E-state index < -0.39 is 18.0 Å². The second-order valence-electron chi connectivity index (χ2n) is 6.34. The lowest BCUT2D eigenvalue weighted by Gasteiger charge is -2.14. The summed E-state index contributed by atoms with van der Waals surface area (Å²) in [5.74, 6) is -1.64. The summed E-state index contributed by atoms with van der Waals surface area (Å²) >= 11 is 1.27. The van der Waals surface area contributed by atoms with Crippen LogP contribution in [-0.4, -0.2) is 29.7 Å². The summed E-state index contributed by atoms with van der Waals surface area (Å²) in [6.45, 7) is 7.83. The highest BCUT2D eigenvalue weighted by Gasteiger charge is 2.25. The Bertz CT molecular complexity index is 948. The van der Waals surface area contributed by atoms with Gasteiger partial charge in [-0.25, -0.2) is 4.79 Å². The van der Waals surface area contributed by atoms with Crippen molar-refractivity contribution < 1.29 is 23.9 Å². The van der Waals surface area contributed by atoms with Crippen molar-refractivity contribution in [1.82, 2.24) is 0 Å². The third-order valence-corrected chi connectivity index (χ3v) is 5.19. The highest BCUT2D eigenvalue weighted by molar-refractivity contribution is 7.16. The zero-order valence-corrected chi connectivity index (χ0v) is 17.2. The highest BCUT2D eigenvalue weighted by atomic mass is 32.1. The number of thiophene rings is 1. The molecule has 1 atom stereocenters. The molecule has 28 heavy (non-hydrogen) atoms. The van der Waals surface area contributed by atoms with E-state index in [4.69, 9.17) is 4.74 Å². The molecule has 0 spiro atoms. The van der Waals surface area contributed by atoms with Crippen LogP contribution in [0.5, 0.6) is 0 Å². The Morgan fingerprint density at radius 3 is 2.36 bits per heavy atom. The molecule has 0 aliphatic rings. The van der Waals surface area contributed by atoms with Crippen LogP contribution < -0.4 is 10.6 Å². The normalized spacial score (nSPS) is 11.5. The molecule has 0 saturated carbocycles. The van der Waals surface area contributed by atoms with E-state index in [1.54, 1.807) is 31.2 Å². The maximum atomic E-state index is 12.6. The van der Waals surface area contributed by atoms with Gasteiger partial charge in [0.1, 0.15) is 5.00 Å². The number of hydrogen-bond acceptors (Lipinski definition) is 6. The van der Waals surface area contributed by atoms with E-state index in [1.165, 1.54) is 32.1 Å². The van der Waals surface area contributed by atoms with Crippen molar-refractivity contribution in [2.45, 2.75) is 40.7 Å². The minimum atomic E-state index is -1.07. The largest absolute Gasteiger partial charge is 0.449 e. The first-order chi connectivity index (χ1) is 13.1. The summed E-state index contributed by atoms with van der Waals surface area (Å²) in [4.78, 5) is 48.7. The molecule has 0 aliphatic carbocycles. The molecule has 2 N–H and O–H groups in total. The van der Waals surface area contributed by atoms with Crippen molar-refractivity contribution >= 4 is 45.6 Å². The number of amides is 2. The Hall–Kier alpha value is -3.00. The van der Waals surface area contributed by atoms with E-state index in [2.05, 4.69) is 10.6 Å². The van der Waals surface area contributed by atoms with Crippen LogP contribution in [0.1, 0.15) is 51.9 Å². The quantitative estimate of drug-likeness (QED) is 0.566. The van der Waals surface area contributed by atoms with Gasteiger partial charge in [-0.05, 0) is 45.4 Å². The van der Waals surface area contributed by atoms with Crippen molar-refractivity contribution in [3.05, 3.63) is 45.8 Å². The molecule has 0 bridgehead atoms. The van der Waals surface area contributed by atoms with Gasteiger partial charge in [0.05, 0.1) is 5.56 Å². The SMILES string of the molecule is CC(=O)Nc1sc(C)c(C)c1C(=O)O[C@@H](C)C(=O)Nc1cccc(C(C)=O)c1. The van der Waals surface area contributed by atoms with Crippen LogP contribution in [0.25, 0.3) is 0 Å². The standard InChI is InChI=1S/C20H22N2O5S/c1-10-13(4)28-19(21-14(5)24)17(10)20(26)27-12(3)18(25)22-16-8-6-7-15(9-16)11(2)23/h6-9,12H,1-5H3,(H,21,24)(H,22,25)/t12-/m0/s1. The Morgan fingerprint density at radius 1 is 1.07 bits per heavy atom. The van der Waals surface area contributed by atoms with Crippen LogP contribution in [0.15, 0.2) is 24.3 Å². The summed E-state index contributed by atoms with van der Waals surface area (Å²) in [6.07, 6.45) is -1.07. The van der Waals surface area contributed by atoms with E-state index in [9.17, 15) is 19.2 Å². The maximum Gasteiger partial charge on any atom is 0.342 e. The molecular weight excluding hydrogens is 380 g/mol. The fraction of sp³-hybridized carbons (Fsp3) is 0.300. The van der Waals surface area contributed by atoms with Gasteiger partial charge in [-0.2, -0.15) is 0 Å². The van der Waals surface area contributed by atoms with Crippen molar-refractivity contribution in [3.63, 3.8) is 0 Å². The molecule has 2 amide bonds. The van der Waals surface area contributed by atoms with Gasteiger partial charge in [0.2, 0.25) is 5.91 Å². The van der Waals surface area contributed by atoms with E-state index in [0.29, 0.717) is 21.8 Å². The maximum absolute atomic E-state index is 12.6. The van der Waals surface area contributed by atoms with Crippen molar-refractivity contribution in [3.8, 4) is 0 Å². The average molecular weight is 402 g/mol. The molecule has 1 aromatic heterocycles. The van der Waals surface area contributed by atoms with E-state index in [1.807, 2.05) is 6.92 Å². The number of anilines is 2. The first-order valence-electron chi connectivity index (χ1n) is 8.60. The number of benzene rings is 1. The van der Waals surface area contributed by atoms with Crippen LogP contribution in [0, 0.1) is 13.8 Å². The van der Waals surface area contributed by atoms with E-state index >= 15 is 0 Å². The molecule has 0 radical (unpaired) electrons. The molecule has 2 rings (SSSR count). The second-order valence-corrected chi connectivity index (χ2v) is 7.57. The topological polar surface area (TPSA) is 102 Å². The van der Waals surface area contributed by atoms with Gasteiger partial charge in [0.25, 0.3) is 5.91 Å². The molecule has 0 fully saturated rings. The third kappa shape index (κ3) is 5.04. The van der Waals surface area contributed by atoms with Crippen molar-refractivity contribution in [2.75, 3.05) is 10.6 Å². The summed E-state index contributed by atoms with van der Waals surface area (Å²) in [7, 11) is 0. The van der Waals surface area contributed by atoms with Gasteiger partial charge >= 0.3 is 5.97 Å². The predicted molar refractivity (Wildman–Crippen MR) is 108 cm³/mol. The number of carbonyl (C=O) groups excluding carboxylic acids is 4. The van der Waals surface area contributed by atoms with Crippen LogP contribution in [-0.2, 0) is 14.3 Å². The van der Waals surface area contributed by atoms with Crippen molar-refractivity contribution in [1.29, 1.82) is 0 Å². The number of hydrogen-bond donors (Lipinski definition) is 2. The summed E-state index contributed by atoms with van der Waals surface area (Å²) < 4.78 is 5.30. The average Bonchev–Trinajstić information content (AvgIpc) is 2.88. The van der Waals surface area contributed by atoms with Gasteiger partial charge in [0, 0.05) is 23.1 Å². The lowest BCUT2D eigenvalue weighted by molar-refractivity contribution is -0.123. The zero-order valence-electron chi connectivity index (χ0n) is 16.3. The summed E-state index contributed by atoms with van der Waals surface area (Å²) in [5.41, 5.74) is 1.84.